The fraction of sp³-hybridized carbons (Fsp3) is 0.0370. The van der Waals surface area contributed by atoms with E-state index in [0.29, 0.717) is 0 Å². The van der Waals surface area contributed by atoms with E-state index < -0.39 is 0 Å². The van der Waals surface area contributed by atoms with Crippen LogP contribution in [-0.4, -0.2) is 4.57 Å². The molecule has 2 heterocycles. The Morgan fingerprint density at radius 1 is 0.517 bits per heavy atom. The van der Waals surface area contributed by atoms with E-state index in [1.54, 1.807) is 0 Å². The molecule has 0 unspecified atom stereocenters. The van der Waals surface area contributed by atoms with Crippen molar-refractivity contribution < 1.29 is 0 Å². The van der Waals surface area contributed by atoms with Crippen molar-refractivity contribution in [3.05, 3.63) is 115 Å². The van der Waals surface area contributed by atoms with E-state index in [1.807, 2.05) is 11.3 Å². The number of rotatable bonds is 4. The van der Waals surface area contributed by atoms with E-state index in [4.69, 9.17) is 0 Å². The molecule has 3 aromatic carbocycles. The highest BCUT2D eigenvalue weighted by atomic mass is 32.1. The number of aromatic nitrogens is 1. The number of thiophene rings is 1. The van der Waals surface area contributed by atoms with E-state index in [9.17, 15) is 0 Å². The van der Waals surface area contributed by atoms with Gasteiger partial charge in [-0.15, -0.1) is 11.3 Å². The van der Waals surface area contributed by atoms with Gasteiger partial charge >= 0.3 is 0 Å². The second-order valence-electron chi connectivity index (χ2n) is 7.17. The number of nitrogens with zero attached hydrogens (tertiary/aromatic N) is 1. The van der Waals surface area contributed by atoms with E-state index in [0.717, 1.165) is 0 Å². The van der Waals surface area contributed by atoms with Crippen molar-refractivity contribution in [1.29, 1.82) is 0 Å². The average molecular weight is 392 g/mol. The maximum Gasteiger partial charge on any atom is 0.0635 e. The predicted molar refractivity (Wildman–Crippen MR) is 125 cm³/mol. The Balaban J connectivity index is 1.67. The summed E-state index contributed by atoms with van der Waals surface area (Å²) < 4.78 is 2.37. The second-order valence-corrected chi connectivity index (χ2v) is 8.25. The Kier molecular flexibility index (Phi) is 4.63. The smallest absolute Gasteiger partial charge is 0.0635 e. The van der Waals surface area contributed by atoms with Gasteiger partial charge in [0.2, 0.25) is 0 Å². The highest BCUT2D eigenvalue weighted by Crippen LogP contribution is 2.38. The Hall–Kier alpha value is -3.36. The molecule has 0 spiro atoms. The minimum absolute atomic E-state index is 1.18. The maximum atomic E-state index is 2.37. The van der Waals surface area contributed by atoms with Gasteiger partial charge in [-0.25, -0.2) is 0 Å². The lowest BCUT2D eigenvalue weighted by Gasteiger charge is -2.14. The van der Waals surface area contributed by atoms with E-state index >= 15 is 0 Å². The molecular weight excluding hydrogens is 370 g/mol. The van der Waals surface area contributed by atoms with Gasteiger partial charge < -0.3 is 4.57 Å². The van der Waals surface area contributed by atoms with E-state index in [1.165, 1.54) is 43.5 Å². The van der Waals surface area contributed by atoms with Crippen molar-refractivity contribution in [3.8, 4) is 38.0 Å². The van der Waals surface area contributed by atoms with Gasteiger partial charge in [0.15, 0.2) is 0 Å². The van der Waals surface area contributed by atoms with Crippen molar-refractivity contribution in [2.24, 2.45) is 0 Å². The standard InChI is InChI=1S/C27H21NS/c1-20-12-14-23(15-13-20)28-24(21-8-4-2-5-9-21)16-17-25(28)27-19-18-26(29-27)22-10-6-3-7-11-22/h2-19H,1H3. The number of aryl methyl sites for hydroxylation is 1. The summed E-state index contributed by atoms with van der Waals surface area (Å²) in [6.45, 7) is 2.13. The van der Waals surface area contributed by atoms with Gasteiger partial charge in [0.05, 0.1) is 16.3 Å². The van der Waals surface area contributed by atoms with Gasteiger partial charge in [-0.05, 0) is 54.4 Å². The molecule has 5 rings (SSSR count). The Labute approximate surface area is 175 Å². The lowest BCUT2D eigenvalue weighted by molar-refractivity contribution is 1.10. The van der Waals surface area contributed by atoms with Gasteiger partial charge in [-0.2, -0.15) is 0 Å². The Morgan fingerprint density at radius 3 is 1.79 bits per heavy atom. The lowest BCUT2D eigenvalue weighted by atomic mass is 10.1. The zero-order valence-corrected chi connectivity index (χ0v) is 17.1. The molecule has 0 aliphatic rings. The molecule has 2 heteroatoms. The molecule has 0 atom stereocenters. The highest BCUT2D eigenvalue weighted by molar-refractivity contribution is 7.18. The number of hydrogen-bond donors (Lipinski definition) is 0. The molecule has 0 amide bonds. The monoisotopic (exact) mass is 391 g/mol. The summed E-state index contributed by atoms with van der Waals surface area (Å²) in [4.78, 5) is 2.56. The molecule has 29 heavy (non-hydrogen) atoms. The van der Waals surface area contributed by atoms with Crippen LogP contribution in [0.5, 0.6) is 0 Å². The molecular formula is C27H21NS. The summed E-state index contributed by atoms with van der Waals surface area (Å²) in [6.07, 6.45) is 0. The molecule has 0 N–H and O–H groups in total. The molecule has 0 fully saturated rings. The van der Waals surface area contributed by atoms with Crippen LogP contribution >= 0.6 is 11.3 Å². The van der Waals surface area contributed by atoms with Gasteiger partial charge in [-0.1, -0.05) is 78.4 Å². The molecule has 0 saturated heterocycles. The first kappa shape index (κ1) is 17.7. The molecule has 0 aliphatic carbocycles. The Morgan fingerprint density at radius 2 is 1.10 bits per heavy atom. The van der Waals surface area contributed by atoms with E-state index in [-0.39, 0.29) is 0 Å². The SMILES string of the molecule is Cc1ccc(-n2c(-c3ccccc3)ccc2-c2ccc(-c3ccccc3)s2)cc1. The van der Waals surface area contributed by atoms with Crippen LogP contribution in [0.15, 0.2) is 109 Å². The quantitative estimate of drug-likeness (QED) is 0.294. The summed E-state index contributed by atoms with van der Waals surface area (Å²) in [5.41, 5.74) is 7.37. The predicted octanol–water partition coefficient (Wildman–Crippen LogP) is 7.85. The van der Waals surface area contributed by atoms with Crippen LogP contribution in [0.3, 0.4) is 0 Å². The number of benzene rings is 3. The normalized spacial score (nSPS) is 10.9. The highest BCUT2D eigenvalue weighted by Gasteiger charge is 2.15. The van der Waals surface area contributed by atoms with Crippen LogP contribution < -0.4 is 0 Å². The first-order valence-corrected chi connectivity index (χ1v) is 10.6. The van der Waals surface area contributed by atoms with Crippen molar-refractivity contribution in [2.45, 2.75) is 6.92 Å². The van der Waals surface area contributed by atoms with Crippen LogP contribution in [0, 0.1) is 6.92 Å². The molecule has 0 bridgehead atoms. The topological polar surface area (TPSA) is 4.93 Å². The molecule has 2 aromatic heterocycles. The third-order valence-corrected chi connectivity index (χ3v) is 6.32. The summed E-state index contributed by atoms with van der Waals surface area (Å²) in [5, 5.41) is 0. The molecule has 140 valence electrons. The van der Waals surface area contributed by atoms with Crippen molar-refractivity contribution in [1.82, 2.24) is 4.57 Å². The fourth-order valence-corrected chi connectivity index (χ4v) is 4.70. The zero-order valence-electron chi connectivity index (χ0n) is 16.2. The largest absolute Gasteiger partial charge is 0.308 e. The van der Waals surface area contributed by atoms with Gasteiger partial charge in [0.25, 0.3) is 0 Å². The molecule has 0 radical (unpaired) electrons. The van der Waals surface area contributed by atoms with Gasteiger partial charge in [0, 0.05) is 10.6 Å². The Bertz CT molecular complexity index is 1230. The minimum atomic E-state index is 1.18. The molecule has 5 aromatic rings. The van der Waals surface area contributed by atoms with Crippen molar-refractivity contribution in [2.75, 3.05) is 0 Å². The van der Waals surface area contributed by atoms with Crippen LogP contribution in [0.4, 0.5) is 0 Å². The molecule has 0 saturated carbocycles. The molecule has 0 aliphatic heterocycles. The summed E-state index contributed by atoms with van der Waals surface area (Å²) in [5.74, 6) is 0. The van der Waals surface area contributed by atoms with Crippen molar-refractivity contribution in [3.63, 3.8) is 0 Å². The van der Waals surface area contributed by atoms with Crippen LogP contribution in [0.2, 0.25) is 0 Å². The fourth-order valence-electron chi connectivity index (χ4n) is 3.67. The first-order chi connectivity index (χ1) is 14.3. The average Bonchev–Trinajstić information content (AvgIpc) is 3.43. The van der Waals surface area contributed by atoms with Crippen LogP contribution in [0.1, 0.15) is 5.56 Å². The van der Waals surface area contributed by atoms with Crippen LogP contribution in [0.25, 0.3) is 38.0 Å². The number of hydrogen-bond acceptors (Lipinski definition) is 1. The summed E-state index contributed by atoms with van der Waals surface area (Å²) >= 11 is 1.84. The first-order valence-electron chi connectivity index (χ1n) is 9.79. The van der Waals surface area contributed by atoms with Gasteiger partial charge in [0.1, 0.15) is 0 Å². The lowest BCUT2D eigenvalue weighted by Crippen LogP contribution is -1.98. The third-order valence-electron chi connectivity index (χ3n) is 5.16. The summed E-state index contributed by atoms with van der Waals surface area (Å²) in [7, 11) is 0. The van der Waals surface area contributed by atoms with Crippen LogP contribution in [-0.2, 0) is 0 Å². The summed E-state index contributed by atoms with van der Waals surface area (Å²) in [6, 6.07) is 38.9. The van der Waals surface area contributed by atoms with E-state index in [2.05, 4.69) is 121 Å². The van der Waals surface area contributed by atoms with Gasteiger partial charge in [-0.3, -0.25) is 0 Å². The zero-order chi connectivity index (χ0) is 19.6. The minimum Gasteiger partial charge on any atom is -0.308 e. The van der Waals surface area contributed by atoms with Crippen molar-refractivity contribution >= 4 is 11.3 Å². The third kappa shape index (κ3) is 3.43. The maximum absolute atomic E-state index is 2.37. The molecule has 1 nitrogen and oxygen atoms in total. The second kappa shape index (κ2) is 7.57.